The molecule has 0 aliphatic heterocycles. The number of benzene rings is 6. The average Bonchev–Trinajstić information content (AvgIpc) is 3.30. The van der Waals surface area contributed by atoms with Crippen LogP contribution in [0.5, 0.6) is 5.75 Å². The lowest BCUT2D eigenvalue weighted by atomic mass is 9.12. The maximum atomic E-state index is 14.2. The maximum absolute atomic E-state index is 14.2. The summed E-state index contributed by atoms with van der Waals surface area (Å²) < 4.78 is 359. The highest BCUT2D eigenvalue weighted by Crippen LogP contribution is 2.41. The van der Waals surface area contributed by atoms with Crippen LogP contribution in [0.4, 0.5) is 105 Å². The largest absolute Gasteiger partial charge is 0.494 e. The minimum absolute atomic E-state index is 0.0188. The lowest BCUT2D eigenvalue weighted by Gasteiger charge is -2.46. The number of hydrogen-bond donors (Lipinski definition) is 0. The van der Waals surface area contributed by atoms with Gasteiger partial charge in [0, 0.05) is 5.56 Å². The molecule has 6 rings (SSSR count). The highest BCUT2D eigenvalue weighted by atomic mass is 32.2. The summed E-state index contributed by atoms with van der Waals surface area (Å²) in [5.41, 5.74) is -29.6. The van der Waals surface area contributed by atoms with Crippen molar-refractivity contribution in [2.24, 2.45) is 0 Å². The molecule has 0 spiro atoms. The van der Waals surface area contributed by atoms with Crippen molar-refractivity contribution in [3.63, 3.8) is 0 Å². The topological polar surface area (TPSA) is 43.4 Å². The van der Waals surface area contributed by atoms with Gasteiger partial charge in [-0.05, 0) is 67.6 Å². The van der Waals surface area contributed by atoms with Crippen molar-refractivity contribution in [1.29, 1.82) is 0 Å². The fraction of sp³-hybridized carbons (Fsp3) is 0.245. The summed E-state index contributed by atoms with van der Waals surface area (Å²) in [6, 6.07) is 7.28. The zero-order chi connectivity index (χ0) is 59.2. The molecule has 0 fully saturated rings. The SMILES string of the molecule is CCOc1ccc(C(=O)C[S+](C)(=O)c2ccccc2)cc1.FC(F)(F)c1cc([B-](c2cc(C(F)(F)F)cc(C(F)(F)F)c2)(c2cc(C(F)(F)F)cc(C(F)(F)F)c2)c2cc(C(F)(F)F)cc(C(F)(F)F)c2)cc(C(F)(F)F)c1. The fourth-order valence-electron chi connectivity index (χ4n) is 8.10. The van der Waals surface area contributed by atoms with Crippen LogP contribution in [0, 0.1) is 0 Å². The first kappa shape index (κ1) is 62.2. The summed E-state index contributed by atoms with van der Waals surface area (Å²) in [4.78, 5) is 13.0. The Morgan fingerprint density at radius 3 is 0.859 bits per heavy atom. The van der Waals surface area contributed by atoms with Crippen molar-refractivity contribution in [2.75, 3.05) is 18.6 Å². The van der Waals surface area contributed by atoms with Crippen LogP contribution in [-0.4, -0.2) is 30.5 Å². The van der Waals surface area contributed by atoms with Crippen LogP contribution >= 0.6 is 0 Å². The Balaban J connectivity index is 0.000000443. The van der Waals surface area contributed by atoms with Crippen LogP contribution in [-0.2, 0) is 63.6 Å². The monoisotopic (exact) mass is 1170 g/mol. The van der Waals surface area contributed by atoms with Gasteiger partial charge < -0.3 is 4.74 Å². The number of hydrogen-bond acceptors (Lipinski definition) is 3. The zero-order valence-corrected chi connectivity index (χ0v) is 39.6. The van der Waals surface area contributed by atoms with Gasteiger partial charge in [-0.15, -0.1) is 0 Å². The van der Waals surface area contributed by atoms with Crippen molar-refractivity contribution in [2.45, 2.75) is 61.2 Å². The molecule has 78 heavy (non-hydrogen) atoms. The first-order chi connectivity index (χ1) is 35.3. The Kier molecular flexibility index (Phi) is 17.2. The second-order valence-electron chi connectivity index (χ2n) is 17.1. The fourth-order valence-corrected chi connectivity index (χ4v) is 9.67. The summed E-state index contributed by atoms with van der Waals surface area (Å²) in [6.45, 7) is 2.50. The number of alkyl halides is 24. The van der Waals surface area contributed by atoms with Gasteiger partial charge in [0.25, 0.3) is 0 Å². The van der Waals surface area contributed by atoms with E-state index in [1.807, 2.05) is 25.1 Å². The summed E-state index contributed by atoms with van der Waals surface area (Å²) >= 11 is 0. The molecule has 422 valence electrons. The Morgan fingerprint density at radius 2 is 0.641 bits per heavy atom. The van der Waals surface area contributed by atoms with Crippen molar-refractivity contribution >= 4 is 43.7 Å². The van der Waals surface area contributed by atoms with E-state index < -0.39 is 205 Å². The average molecular weight is 1170 g/mol. The van der Waals surface area contributed by atoms with Gasteiger partial charge in [-0.25, -0.2) is 0 Å². The minimum atomic E-state index is -6.13. The zero-order valence-electron chi connectivity index (χ0n) is 38.8. The molecule has 0 aromatic heterocycles. The third-order valence-electron chi connectivity index (χ3n) is 11.6. The molecule has 0 saturated heterocycles. The molecule has 0 amide bonds. The van der Waals surface area contributed by atoms with E-state index in [2.05, 4.69) is 0 Å². The third kappa shape index (κ3) is 14.5. The molecule has 0 bridgehead atoms. The first-order valence-corrected chi connectivity index (χ1v) is 23.6. The molecule has 0 heterocycles. The summed E-state index contributed by atoms with van der Waals surface area (Å²) in [7, 11) is -2.36. The van der Waals surface area contributed by atoms with E-state index in [1.54, 1.807) is 42.7 Å². The molecule has 1 atom stereocenters. The summed E-state index contributed by atoms with van der Waals surface area (Å²) in [5.74, 6) is 0.633. The molecule has 0 aliphatic carbocycles. The number of carbonyl (C=O) groups excluding carboxylic acids is 1. The van der Waals surface area contributed by atoms with E-state index in [9.17, 15) is 114 Å². The molecular formula is C49H31BF24O3S. The van der Waals surface area contributed by atoms with Crippen LogP contribution in [0.2, 0.25) is 0 Å². The second-order valence-corrected chi connectivity index (χ2v) is 19.8. The minimum Gasteiger partial charge on any atom is -0.494 e. The third-order valence-corrected chi connectivity index (χ3v) is 13.7. The van der Waals surface area contributed by atoms with Gasteiger partial charge in [-0.2, -0.15) is 127 Å². The number of ether oxygens (including phenoxy) is 1. The number of Topliss-reactive ketones (excluding diaryl/α,β-unsaturated/α-hetero) is 1. The predicted molar refractivity (Wildman–Crippen MR) is 236 cm³/mol. The molecule has 1 unspecified atom stereocenters. The van der Waals surface area contributed by atoms with E-state index in [4.69, 9.17) is 4.74 Å². The highest BCUT2D eigenvalue weighted by molar-refractivity contribution is 8.03. The van der Waals surface area contributed by atoms with E-state index in [0.29, 0.717) is 17.1 Å². The van der Waals surface area contributed by atoms with Crippen LogP contribution < -0.4 is 26.6 Å². The van der Waals surface area contributed by atoms with Gasteiger partial charge in [-0.3, -0.25) is 4.79 Å². The van der Waals surface area contributed by atoms with Crippen LogP contribution in [0.25, 0.3) is 0 Å². The van der Waals surface area contributed by atoms with Crippen LogP contribution in [0.3, 0.4) is 0 Å². The number of rotatable bonds is 10. The quantitative estimate of drug-likeness (QED) is 0.0594. The Hall–Kier alpha value is -6.68. The smallest absolute Gasteiger partial charge is 0.416 e. The van der Waals surface area contributed by atoms with Crippen molar-refractivity contribution < 1.29 is 119 Å². The first-order valence-electron chi connectivity index (χ1n) is 21.4. The van der Waals surface area contributed by atoms with Crippen molar-refractivity contribution in [3.8, 4) is 5.75 Å². The van der Waals surface area contributed by atoms with Gasteiger partial charge in [-0.1, -0.05) is 70.9 Å². The second kappa shape index (κ2) is 21.5. The number of ketones is 1. The summed E-state index contributed by atoms with van der Waals surface area (Å²) in [5, 5.41) is 0. The molecular weight excluding hydrogens is 1140 g/mol. The van der Waals surface area contributed by atoms with Crippen molar-refractivity contribution in [1.82, 2.24) is 0 Å². The van der Waals surface area contributed by atoms with E-state index in [0.717, 1.165) is 5.75 Å². The lowest BCUT2D eigenvalue weighted by molar-refractivity contribution is -0.144. The van der Waals surface area contributed by atoms with E-state index in [1.165, 1.54) is 0 Å². The Labute approximate surface area is 425 Å². The Bertz CT molecular complexity index is 2730. The van der Waals surface area contributed by atoms with Gasteiger partial charge in [0.05, 0.1) is 51.1 Å². The van der Waals surface area contributed by atoms with Gasteiger partial charge in [0.2, 0.25) is 5.78 Å². The number of halogens is 24. The number of carbonyl (C=O) groups is 1. The molecule has 0 N–H and O–H groups in total. The van der Waals surface area contributed by atoms with Crippen molar-refractivity contribution in [3.05, 3.63) is 177 Å². The molecule has 0 aliphatic rings. The lowest BCUT2D eigenvalue weighted by Crippen LogP contribution is -2.75. The normalized spacial score (nSPS) is 14.1. The molecule has 29 heteroatoms. The van der Waals surface area contributed by atoms with Crippen LogP contribution in [0.1, 0.15) is 61.8 Å². The maximum Gasteiger partial charge on any atom is 0.416 e. The predicted octanol–water partition coefficient (Wildman–Crippen LogP) is 14.7. The van der Waals surface area contributed by atoms with E-state index >= 15 is 0 Å². The molecule has 3 nitrogen and oxygen atoms in total. The van der Waals surface area contributed by atoms with Crippen LogP contribution in [0.15, 0.2) is 132 Å². The van der Waals surface area contributed by atoms with Gasteiger partial charge in [0.15, 0.2) is 10.6 Å². The van der Waals surface area contributed by atoms with E-state index in [-0.39, 0.29) is 11.5 Å². The molecule has 6 aromatic carbocycles. The molecule has 0 radical (unpaired) electrons. The van der Waals surface area contributed by atoms with Gasteiger partial charge in [0.1, 0.15) is 28.1 Å². The molecule has 6 aromatic rings. The Morgan fingerprint density at radius 1 is 0.397 bits per heavy atom. The van der Waals surface area contributed by atoms with Gasteiger partial charge >= 0.3 is 49.4 Å². The molecule has 0 saturated carbocycles. The highest BCUT2D eigenvalue weighted by Gasteiger charge is 2.47. The standard InChI is InChI=1S/C32H12BF24.C17H19O3S/c34-25(35,36)13-1-14(26(37,38)39)6-21(5-13)33(22-7-15(27(40,41)42)2-16(8-22)28(43,44)45,23-9-17(29(46,47)48)3-18(10-23)30(49,50)51)24-11-19(31(52,53)54)4-20(12-24)32(55,56)57;1-3-20-15-11-9-14(10-12-15)17(18)13-21(2,19)16-7-5-4-6-8-16/h1-12H;4-12H,3,13H2,1-2H3/q-1;+1. The summed E-state index contributed by atoms with van der Waals surface area (Å²) in [6.07, 6.45) is -53.2.